The van der Waals surface area contributed by atoms with Crippen molar-refractivity contribution in [1.29, 1.82) is 0 Å². The number of nitrogens with zero attached hydrogens (tertiary/aromatic N) is 2. The number of pyridine rings is 2. The van der Waals surface area contributed by atoms with Crippen LogP contribution in [0.2, 0.25) is 0 Å². The molecule has 2 heterocycles. The zero-order valence-corrected chi connectivity index (χ0v) is 16.5. The number of carbonyl (C=O) groups is 1. The van der Waals surface area contributed by atoms with Gasteiger partial charge in [-0.3, -0.25) is 9.78 Å². The summed E-state index contributed by atoms with van der Waals surface area (Å²) in [5, 5.41) is 5.62. The average Bonchev–Trinajstić information content (AvgIpc) is 2.72. The van der Waals surface area contributed by atoms with Crippen LogP contribution in [0.4, 0.5) is 0 Å². The minimum absolute atomic E-state index is 0.00448. The van der Waals surface area contributed by atoms with E-state index in [1.807, 2.05) is 42.7 Å². The summed E-state index contributed by atoms with van der Waals surface area (Å²) >= 11 is 0. The first kappa shape index (κ1) is 17.1. The second-order valence-electron chi connectivity index (χ2n) is 9.47. The highest BCUT2D eigenvalue weighted by atomic mass is 16.2. The molecule has 0 saturated heterocycles. The van der Waals surface area contributed by atoms with Crippen molar-refractivity contribution < 1.29 is 4.79 Å². The van der Waals surface area contributed by atoms with E-state index in [4.69, 9.17) is 4.98 Å². The normalized spacial score (nSPS) is 29.9. The molecular weight excluding hydrogens is 358 g/mol. The van der Waals surface area contributed by atoms with Gasteiger partial charge in [0.15, 0.2) is 0 Å². The van der Waals surface area contributed by atoms with Gasteiger partial charge in [0, 0.05) is 28.9 Å². The molecule has 4 saturated carbocycles. The number of fused-ring (bicyclic) bond motifs is 1. The number of hydrogen-bond donors (Lipinski definition) is 1. The van der Waals surface area contributed by atoms with Crippen molar-refractivity contribution in [2.24, 2.45) is 17.8 Å². The summed E-state index contributed by atoms with van der Waals surface area (Å²) in [6.07, 6.45) is 11.3. The largest absolute Gasteiger partial charge is 0.345 e. The van der Waals surface area contributed by atoms with Gasteiger partial charge >= 0.3 is 0 Å². The lowest BCUT2D eigenvalue weighted by Gasteiger charge is -2.56. The van der Waals surface area contributed by atoms with E-state index < -0.39 is 0 Å². The fourth-order valence-corrected chi connectivity index (χ4v) is 6.60. The Morgan fingerprint density at radius 2 is 1.62 bits per heavy atom. The Balaban J connectivity index is 1.31. The Hall–Kier alpha value is -2.75. The van der Waals surface area contributed by atoms with Crippen LogP contribution in [0.25, 0.3) is 22.0 Å². The number of rotatable bonds is 3. The fraction of sp³-hybridized carbons (Fsp3) is 0.400. The zero-order chi connectivity index (χ0) is 19.4. The van der Waals surface area contributed by atoms with Gasteiger partial charge < -0.3 is 5.32 Å². The summed E-state index contributed by atoms with van der Waals surface area (Å²) in [5.41, 5.74) is 2.27. The van der Waals surface area contributed by atoms with Crippen molar-refractivity contribution >= 4 is 16.7 Å². The van der Waals surface area contributed by atoms with Gasteiger partial charge in [0.05, 0.1) is 5.69 Å². The maximum Gasteiger partial charge on any atom is 0.270 e. The van der Waals surface area contributed by atoms with Crippen LogP contribution in [0, 0.1) is 17.8 Å². The van der Waals surface area contributed by atoms with E-state index in [1.165, 1.54) is 19.3 Å². The number of nitrogens with one attached hydrogen (secondary N) is 1. The lowest BCUT2D eigenvalue weighted by atomic mass is 9.53. The Morgan fingerprint density at radius 1 is 0.897 bits per heavy atom. The monoisotopic (exact) mass is 383 g/mol. The number of amides is 1. The lowest BCUT2D eigenvalue weighted by molar-refractivity contribution is -0.0167. The van der Waals surface area contributed by atoms with Crippen molar-refractivity contribution in [3.05, 3.63) is 60.6 Å². The molecule has 7 rings (SSSR count). The molecule has 0 aliphatic heterocycles. The van der Waals surface area contributed by atoms with Crippen LogP contribution in [0.15, 0.2) is 54.9 Å². The summed E-state index contributed by atoms with van der Waals surface area (Å²) in [5.74, 6) is 2.40. The quantitative estimate of drug-likeness (QED) is 0.693. The van der Waals surface area contributed by atoms with Crippen molar-refractivity contribution in [3.8, 4) is 11.3 Å². The fourth-order valence-electron chi connectivity index (χ4n) is 6.60. The molecule has 29 heavy (non-hydrogen) atoms. The van der Waals surface area contributed by atoms with Gasteiger partial charge in [0.25, 0.3) is 5.91 Å². The lowest BCUT2D eigenvalue weighted by Crippen LogP contribution is -2.59. The first-order chi connectivity index (χ1) is 14.2. The van der Waals surface area contributed by atoms with E-state index in [1.54, 1.807) is 0 Å². The molecule has 2 aromatic heterocycles. The van der Waals surface area contributed by atoms with Gasteiger partial charge in [-0.15, -0.1) is 0 Å². The molecule has 1 N–H and O–H groups in total. The summed E-state index contributed by atoms with van der Waals surface area (Å²) in [4.78, 5) is 22.3. The molecule has 1 aromatic carbocycles. The minimum Gasteiger partial charge on any atom is -0.345 e. The van der Waals surface area contributed by atoms with E-state index in [0.29, 0.717) is 5.69 Å². The van der Waals surface area contributed by atoms with Gasteiger partial charge in [0.1, 0.15) is 5.69 Å². The molecule has 4 nitrogen and oxygen atoms in total. The Morgan fingerprint density at radius 3 is 2.38 bits per heavy atom. The highest BCUT2D eigenvalue weighted by Crippen LogP contribution is 2.55. The molecule has 0 spiro atoms. The smallest absolute Gasteiger partial charge is 0.270 e. The third-order valence-corrected chi connectivity index (χ3v) is 7.34. The molecule has 0 atom stereocenters. The Kier molecular flexibility index (Phi) is 3.77. The third kappa shape index (κ3) is 2.93. The predicted octanol–water partition coefficient (Wildman–Crippen LogP) is 5.00. The van der Waals surface area contributed by atoms with E-state index in [9.17, 15) is 4.79 Å². The van der Waals surface area contributed by atoms with Crippen LogP contribution in [0.1, 0.15) is 49.0 Å². The highest BCUT2D eigenvalue weighted by molar-refractivity contribution is 5.97. The van der Waals surface area contributed by atoms with Gasteiger partial charge in [-0.2, -0.15) is 0 Å². The number of hydrogen-bond acceptors (Lipinski definition) is 3. The van der Waals surface area contributed by atoms with Crippen molar-refractivity contribution in [2.45, 2.75) is 44.1 Å². The molecule has 1 amide bonds. The summed E-state index contributed by atoms with van der Waals surface area (Å²) in [6, 6.07) is 13.9. The van der Waals surface area contributed by atoms with Crippen LogP contribution in [-0.2, 0) is 0 Å². The van der Waals surface area contributed by atoms with Crippen molar-refractivity contribution in [2.75, 3.05) is 0 Å². The number of benzene rings is 1. The molecule has 4 bridgehead atoms. The summed E-state index contributed by atoms with van der Waals surface area (Å²) < 4.78 is 0. The molecule has 4 aliphatic carbocycles. The van der Waals surface area contributed by atoms with Gasteiger partial charge in [-0.1, -0.05) is 30.3 Å². The van der Waals surface area contributed by atoms with Gasteiger partial charge in [0.2, 0.25) is 0 Å². The van der Waals surface area contributed by atoms with Crippen LogP contribution >= 0.6 is 0 Å². The second-order valence-corrected chi connectivity index (χ2v) is 9.47. The second kappa shape index (κ2) is 6.38. The first-order valence-corrected chi connectivity index (χ1v) is 10.8. The molecule has 4 heteroatoms. The van der Waals surface area contributed by atoms with Crippen LogP contribution in [0.5, 0.6) is 0 Å². The maximum atomic E-state index is 13.2. The van der Waals surface area contributed by atoms with E-state index in [0.717, 1.165) is 59.0 Å². The third-order valence-electron chi connectivity index (χ3n) is 7.34. The van der Waals surface area contributed by atoms with Crippen LogP contribution < -0.4 is 5.32 Å². The molecule has 0 unspecified atom stereocenters. The SMILES string of the molecule is O=C(NC12CC3CC(CC(C3)C1)C2)c1cccc(-c2cncc3ccccc23)n1. The predicted molar refractivity (Wildman–Crippen MR) is 113 cm³/mol. The molecule has 4 aliphatic rings. The molecule has 0 radical (unpaired) electrons. The highest BCUT2D eigenvalue weighted by Gasteiger charge is 2.51. The standard InChI is InChI=1S/C25H25N3O/c29-24(28-25-11-16-8-17(12-25)10-18(9-16)13-25)23-7-3-6-22(27-23)21-15-26-14-19-4-1-2-5-20(19)21/h1-7,14-18H,8-13H2,(H,28,29). The Bertz CT molecular complexity index is 1070. The van der Waals surface area contributed by atoms with E-state index in [2.05, 4.69) is 22.4 Å². The van der Waals surface area contributed by atoms with Crippen LogP contribution in [0.3, 0.4) is 0 Å². The topological polar surface area (TPSA) is 54.9 Å². The summed E-state index contributed by atoms with van der Waals surface area (Å²) in [6.45, 7) is 0. The summed E-state index contributed by atoms with van der Waals surface area (Å²) in [7, 11) is 0. The van der Waals surface area contributed by atoms with Gasteiger partial charge in [-0.05, 0) is 73.8 Å². The molecular formula is C25H25N3O. The van der Waals surface area contributed by atoms with Gasteiger partial charge in [-0.25, -0.2) is 4.98 Å². The molecule has 146 valence electrons. The zero-order valence-electron chi connectivity index (χ0n) is 16.5. The van der Waals surface area contributed by atoms with Crippen molar-refractivity contribution in [1.82, 2.24) is 15.3 Å². The number of aromatic nitrogens is 2. The van der Waals surface area contributed by atoms with Crippen LogP contribution in [-0.4, -0.2) is 21.4 Å². The maximum absolute atomic E-state index is 13.2. The average molecular weight is 383 g/mol. The Labute approximate surface area is 170 Å². The number of carbonyl (C=O) groups excluding carboxylic acids is 1. The first-order valence-electron chi connectivity index (χ1n) is 10.8. The van der Waals surface area contributed by atoms with E-state index in [-0.39, 0.29) is 11.4 Å². The molecule has 3 aromatic rings. The van der Waals surface area contributed by atoms with E-state index >= 15 is 0 Å². The molecule has 4 fully saturated rings. The van der Waals surface area contributed by atoms with Crippen molar-refractivity contribution in [3.63, 3.8) is 0 Å². The minimum atomic E-state index is -0.0259.